The third-order valence-electron chi connectivity index (χ3n) is 13.2. The van der Waals surface area contributed by atoms with Crippen molar-refractivity contribution in [3.63, 3.8) is 0 Å². The van der Waals surface area contributed by atoms with Gasteiger partial charge in [0.2, 0.25) is 11.8 Å². The van der Waals surface area contributed by atoms with E-state index in [-0.39, 0.29) is 47.4 Å². The van der Waals surface area contributed by atoms with Crippen LogP contribution in [0.5, 0.6) is 17.2 Å². The van der Waals surface area contributed by atoms with E-state index in [1.54, 1.807) is 103 Å². The number of allylic oxidation sites excluding steroid dienone is 3. The summed E-state index contributed by atoms with van der Waals surface area (Å²) in [6.45, 7) is 0. The fourth-order valence-electron chi connectivity index (χ4n) is 10.4. The first-order valence-corrected chi connectivity index (χ1v) is 20.9. The molecule has 0 aromatic heterocycles. The summed E-state index contributed by atoms with van der Waals surface area (Å²) in [5.41, 5.74) is 5.58. The molecule has 11 nitrogen and oxygen atoms in total. The molecule has 3 aliphatic heterocycles. The quantitative estimate of drug-likeness (QED) is 0.0893. The van der Waals surface area contributed by atoms with E-state index in [1.165, 1.54) is 24.1 Å². The number of nitrogens with zero attached hydrogens (tertiary/aromatic N) is 2. The van der Waals surface area contributed by atoms with Crippen molar-refractivity contribution >= 4 is 64.0 Å². The van der Waals surface area contributed by atoms with E-state index in [1.807, 2.05) is 12.1 Å². The smallest absolute Gasteiger partial charge is 0.260 e. The highest BCUT2D eigenvalue weighted by Crippen LogP contribution is 2.63. The molecule has 310 valence electrons. The number of fused-ring (bicyclic) bond motifs is 5. The molecule has 62 heavy (non-hydrogen) atoms. The molecular weight excluding hydrogens is 829 g/mol. The summed E-state index contributed by atoms with van der Waals surface area (Å²) in [6.07, 6.45) is 4.10. The second kappa shape index (κ2) is 15.0. The van der Waals surface area contributed by atoms with Gasteiger partial charge >= 0.3 is 0 Å². The number of imide groups is 2. The van der Waals surface area contributed by atoms with Gasteiger partial charge in [-0.25, -0.2) is 0 Å². The number of ketones is 1. The maximum Gasteiger partial charge on any atom is 0.260 e. The number of rotatable bonds is 8. The predicted octanol–water partition coefficient (Wildman–Crippen LogP) is 8.48. The number of carbonyl (C=O) groups is 5. The Kier molecular flexibility index (Phi) is 9.57. The molecule has 6 atom stereocenters. The van der Waals surface area contributed by atoms with Gasteiger partial charge in [-0.2, -0.15) is 5.01 Å². The first-order chi connectivity index (χ1) is 30.0. The molecule has 3 fully saturated rings. The van der Waals surface area contributed by atoms with Crippen LogP contribution in [0.2, 0.25) is 10.0 Å². The molecule has 0 radical (unpaired) electrons. The Balaban J connectivity index is 1.09. The summed E-state index contributed by atoms with van der Waals surface area (Å²) in [5, 5.41) is 12.1. The minimum atomic E-state index is -1.58. The van der Waals surface area contributed by atoms with Crippen molar-refractivity contribution < 1.29 is 38.6 Å². The first kappa shape index (κ1) is 39.4. The topological polar surface area (TPSA) is 143 Å². The number of amides is 4. The third-order valence-corrected chi connectivity index (χ3v) is 13.7. The summed E-state index contributed by atoms with van der Waals surface area (Å²) in [4.78, 5) is 74.5. The first-order valence-electron chi connectivity index (χ1n) is 20.2. The van der Waals surface area contributed by atoms with E-state index in [0.29, 0.717) is 50.0 Å². The highest BCUT2D eigenvalue weighted by Gasteiger charge is 2.71. The average molecular weight is 867 g/mol. The molecule has 3 heterocycles. The summed E-state index contributed by atoms with van der Waals surface area (Å²) in [5.74, 6) is -5.08. The number of hydrogen-bond donors (Lipinski definition) is 2. The van der Waals surface area contributed by atoms with Gasteiger partial charge in [-0.15, -0.1) is 0 Å². The van der Waals surface area contributed by atoms with E-state index in [0.717, 1.165) is 10.6 Å². The van der Waals surface area contributed by atoms with Crippen LogP contribution in [-0.2, 0) is 31.0 Å². The number of carbonyl (C=O) groups excluding carboxylic acids is 5. The molecule has 2 N–H and O–H groups in total. The lowest BCUT2D eigenvalue weighted by molar-refractivity contribution is -0.139. The van der Waals surface area contributed by atoms with Gasteiger partial charge in [0, 0.05) is 34.1 Å². The SMILES string of the molecule is COc1ccc([C@@]23C(=O)N(Nc4ccc(Cl)cc4Cl)C(=O)[C@@H]2C[C@@H]2C(=CC[C@@H]4C(=O)N(c5ccc(C(=O)c6ccccc6)cc5)C(=O)[C@@H]42)[C@@H]3C2=COc3ccc(O)cc3C2)cc1. The second-order valence-electron chi connectivity index (χ2n) is 16.2. The molecule has 0 unspecified atom stereocenters. The number of aromatic hydroxyl groups is 1. The number of nitrogens with one attached hydrogen (secondary N) is 1. The molecule has 10 rings (SSSR count). The molecule has 5 aromatic rings. The number of phenols is 1. The molecule has 2 aliphatic carbocycles. The van der Waals surface area contributed by atoms with E-state index in [4.69, 9.17) is 32.7 Å². The van der Waals surface area contributed by atoms with Crippen molar-refractivity contribution in [2.24, 2.45) is 29.6 Å². The molecule has 5 aromatic carbocycles. The Morgan fingerprint density at radius 3 is 2.31 bits per heavy atom. The summed E-state index contributed by atoms with van der Waals surface area (Å²) >= 11 is 12.8. The lowest BCUT2D eigenvalue weighted by Crippen LogP contribution is -2.55. The van der Waals surface area contributed by atoms with Gasteiger partial charge in [0.05, 0.1) is 52.9 Å². The normalized spacial score (nSPS) is 24.9. The number of anilines is 2. The van der Waals surface area contributed by atoms with Gasteiger partial charge in [0.1, 0.15) is 17.2 Å². The number of hydrogen-bond acceptors (Lipinski definition) is 9. The lowest BCUT2D eigenvalue weighted by Gasteiger charge is -2.51. The van der Waals surface area contributed by atoms with Crippen LogP contribution in [-0.4, -0.2) is 46.6 Å². The van der Waals surface area contributed by atoms with Gasteiger partial charge in [-0.1, -0.05) is 77.3 Å². The monoisotopic (exact) mass is 865 g/mol. The van der Waals surface area contributed by atoms with E-state index >= 15 is 9.59 Å². The Hall–Kier alpha value is -6.69. The van der Waals surface area contributed by atoms with Crippen molar-refractivity contribution in [2.75, 3.05) is 17.4 Å². The van der Waals surface area contributed by atoms with Crippen LogP contribution in [0.4, 0.5) is 11.4 Å². The number of methoxy groups -OCH3 is 1. The molecule has 4 amide bonds. The van der Waals surface area contributed by atoms with Crippen LogP contribution < -0.4 is 19.8 Å². The molecule has 5 aliphatic rings. The Bertz CT molecular complexity index is 2790. The van der Waals surface area contributed by atoms with Crippen molar-refractivity contribution in [3.05, 3.63) is 171 Å². The van der Waals surface area contributed by atoms with E-state index < -0.39 is 52.7 Å². The van der Waals surface area contributed by atoms with Gasteiger partial charge in [-0.3, -0.25) is 34.3 Å². The molecule has 13 heteroatoms. The molecule has 0 bridgehead atoms. The average Bonchev–Trinajstić information content (AvgIpc) is 3.67. The number of halogens is 2. The zero-order chi connectivity index (χ0) is 43.0. The van der Waals surface area contributed by atoms with Gasteiger partial charge in [0.25, 0.3) is 11.8 Å². The van der Waals surface area contributed by atoms with Gasteiger partial charge in [-0.05, 0) is 103 Å². The maximum atomic E-state index is 15.6. The van der Waals surface area contributed by atoms with Crippen molar-refractivity contribution in [1.82, 2.24) is 5.01 Å². The highest BCUT2D eigenvalue weighted by atomic mass is 35.5. The van der Waals surface area contributed by atoms with Gasteiger partial charge < -0.3 is 14.6 Å². The lowest BCUT2D eigenvalue weighted by atomic mass is 9.48. The highest BCUT2D eigenvalue weighted by molar-refractivity contribution is 6.36. The zero-order valence-corrected chi connectivity index (χ0v) is 34.6. The van der Waals surface area contributed by atoms with Crippen LogP contribution in [0.1, 0.15) is 39.9 Å². The zero-order valence-electron chi connectivity index (χ0n) is 33.1. The van der Waals surface area contributed by atoms with E-state index in [2.05, 4.69) is 5.43 Å². The number of hydrazine groups is 1. The molecule has 2 saturated heterocycles. The van der Waals surface area contributed by atoms with E-state index in [9.17, 15) is 19.5 Å². The Morgan fingerprint density at radius 1 is 0.839 bits per heavy atom. The van der Waals surface area contributed by atoms with Gasteiger partial charge in [0.15, 0.2) is 5.78 Å². The third kappa shape index (κ3) is 6.05. The summed E-state index contributed by atoms with van der Waals surface area (Å²) in [7, 11) is 1.54. The number of ether oxygens (including phenoxy) is 2. The largest absolute Gasteiger partial charge is 0.508 e. The van der Waals surface area contributed by atoms with Crippen LogP contribution >= 0.6 is 23.2 Å². The van der Waals surface area contributed by atoms with Crippen LogP contribution in [0.3, 0.4) is 0 Å². The maximum absolute atomic E-state index is 15.6. The minimum Gasteiger partial charge on any atom is -0.508 e. The van der Waals surface area contributed by atoms with Crippen molar-refractivity contribution in [2.45, 2.75) is 24.7 Å². The second-order valence-corrected chi connectivity index (χ2v) is 17.1. The molecular formula is C49H37Cl2N3O8. The van der Waals surface area contributed by atoms with Crippen molar-refractivity contribution in [1.29, 1.82) is 0 Å². The number of phenolic OH excluding ortho intramolecular Hbond substituents is 1. The minimum absolute atomic E-state index is 0.0348. The fourth-order valence-corrected chi connectivity index (χ4v) is 10.9. The van der Waals surface area contributed by atoms with Crippen molar-refractivity contribution in [3.8, 4) is 17.2 Å². The summed E-state index contributed by atoms with van der Waals surface area (Å²) < 4.78 is 11.7. The van der Waals surface area contributed by atoms with Crippen LogP contribution in [0.15, 0.2) is 139 Å². The standard InChI is InChI=1S/C49H37Cl2N3O8/c1-61-34-15-9-30(10-16-34)49-38(46(58)54(48(49)60)52-40-19-11-31(50)23-39(40)51)24-37-35(43(49)29-21-28-22-33(55)14-20-41(28)62-25-29)17-18-36-42(37)47(59)53(45(36)57)32-12-7-27(8-13-32)44(56)26-5-3-2-4-6-26/h2-17,19-20,22-23,25,36-38,42-43,52,55H,18,21,24H2,1H3/t36-,37+,38-,42-,43-,49+/m0/s1. The predicted molar refractivity (Wildman–Crippen MR) is 231 cm³/mol. The Labute approximate surface area is 366 Å². The molecule has 0 spiro atoms. The summed E-state index contributed by atoms with van der Waals surface area (Å²) in [6, 6.07) is 31.8. The fraction of sp³-hybridized carbons (Fsp3) is 0.204. The van der Waals surface area contributed by atoms with Crippen LogP contribution in [0, 0.1) is 29.6 Å². The van der Waals surface area contributed by atoms with Crippen LogP contribution in [0.25, 0.3) is 0 Å². The Morgan fingerprint density at radius 2 is 1.58 bits per heavy atom. The number of benzene rings is 5. The molecule has 1 saturated carbocycles.